The van der Waals surface area contributed by atoms with Crippen LogP contribution in [0.15, 0.2) is 17.9 Å². The lowest BCUT2D eigenvalue weighted by Gasteiger charge is -2.21. The molecule has 0 spiro atoms. The molecule has 1 aromatic rings. The quantitative estimate of drug-likeness (QED) is 0.161. The van der Waals surface area contributed by atoms with E-state index in [9.17, 15) is 10.2 Å². The molecule has 10 heteroatoms. The molecule has 0 bridgehead atoms. The first-order chi connectivity index (χ1) is 12.3. The minimum absolute atomic E-state index is 0.0971. The minimum Gasteiger partial charge on any atom is -0.394 e. The predicted molar refractivity (Wildman–Crippen MR) is 112 cm³/mol. The van der Waals surface area contributed by atoms with Crippen LogP contribution in [0.1, 0.15) is 11.1 Å². The molecule has 0 aliphatic rings. The van der Waals surface area contributed by atoms with Crippen molar-refractivity contribution in [3.8, 4) is 0 Å². The number of rotatable bonds is 12. The summed E-state index contributed by atoms with van der Waals surface area (Å²) < 4.78 is 13.5. The fraction of sp³-hybridized carbons (Fsp3) is 0.625. The summed E-state index contributed by atoms with van der Waals surface area (Å²) in [5.74, 6) is 0. The van der Waals surface area contributed by atoms with Gasteiger partial charge in [0.25, 0.3) is 0 Å². The van der Waals surface area contributed by atoms with Crippen molar-refractivity contribution in [3.05, 3.63) is 29.0 Å². The monoisotopic (exact) mass is 626 g/mol. The molecule has 0 saturated carbocycles. The summed E-state index contributed by atoms with van der Waals surface area (Å²) in [5, 5.41) is 38.0. The molecule has 0 amide bonds. The lowest BCUT2D eigenvalue weighted by atomic mass is 9.97. The Morgan fingerprint density at radius 3 is 1.31 bits per heavy atom. The van der Waals surface area contributed by atoms with E-state index in [1.165, 1.54) is 0 Å². The van der Waals surface area contributed by atoms with Gasteiger partial charge in [-0.15, -0.1) is 0 Å². The van der Waals surface area contributed by atoms with Crippen molar-refractivity contribution < 1.29 is 29.9 Å². The summed E-state index contributed by atoms with van der Waals surface area (Å²) in [6.45, 7) is 0.327. The van der Waals surface area contributed by atoms with Crippen LogP contribution in [0, 0.1) is 0 Å². The van der Waals surface area contributed by atoms with Crippen LogP contribution in [0.4, 0.5) is 0 Å². The smallest absolute Gasteiger partial charge is 0.0814 e. The predicted octanol–water partition coefficient (Wildman–Crippen LogP) is 2.56. The third kappa shape index (κ3) is 7.73. The maximum Gasteiger partial charge on any atom is 0.0814 e. The van der Waals surface area contributed by atoms with Gasteiger partial charge in [-0.05, 0) is 74.8 Å². The van der Waals surface area contributed by atoms with Gasteiger partial charge in [-0.25, -0.2) is 0 Å². The summed E-state index contributed by atoms with van der Waals surface area (Å²) in [4.78, 5) is 0. The molecule has 0 fully saturated rings. The van der Waals surface area contributed by atoms with Gasteiger partial charge in [0, 0.05) is 30.7 Å². The van der Waals surface area contributed by atoms with Crippen molar-refractivity contribution in [2.45, 2.75) is 25.0 Å². The van der Waals surface area contributed by atoms with Crippen LogP contribution < -0.4 is 0 Å². The Kier molecular flexibility index (Phi) is 12.6. The molecule has 2 atom stereocenters. The average Bonchev–Trinajstić information content (AvgIpc) is 2.61. The van der Waals surface area contributed by atoms with Crippen molar-refractivity contribution >= 4 is 63.7 Å². The SMILES string of the molecule is OCCOCC(O)Cc1c(Br)c(Br)c(Br)c(Br)c1CC(O)COCCO. The second-order valence-corrected chi connectivity index (χ2v) is 8.70. The fourth-order valence-electron chi connectivity index (χ4n) is 2.31. The van der Waals surface area contributed by atoms with Crippen LogP contribution in [0.25, 0.3) is 0 Å². The largest absolute Gasteiger partial charge is 0.394 e. The normalized spacial score (nSPS) is 13.8. The van der Waals surface area contributed by atoms with Gasteiger partial charge in [-0.2, -0.15) is 0 Å². The third-order valence-corrected chi connectivity index (χ3v) is 8.38. The number of benzene rings is 1. The molecule has 26 heavy (non-hydrogen) atoms. The summed E-state index contributed by atoms with van der Waals surface area (Å²) in [6.07, 6.45) is -0.926. The zero-order chi connectivity index (χ0) is 19.7. The average molecular weight is 630 g/mol. The number of halogens is 4. The van der Waals surface area contributed by atoms with E-state index in [2.05, 4.69) is 63.7 Å². The highest BCUT2D eigenvalue weighted by Crippen LogP contribution is 2.43. The molecule has 2 unspecified atom stereocenters. The Labute approximate surface area is 186 Å². The molecule has 0 saturated heterocycles. The molecule has 0 aliphatic carbocycles. The Bertz CT molecular complexity index is 523. The molecule has 0 heterocycles. The number of aliphatic hydroxyl groups is 4. The van der Waals surface area contributed by atoms with Gasteiger partial charge < -0.3 is 29.9 Å². The van der Waals surface area contributed by atoms with E-state index in [-0.39, 0.29) is 39.6 Å². The first kappa shape index (κ1) is 24.9. The van der Waals surface area contributed by atoms with Crippen molar-refractivity contribution in [1.82, 2.24) is 0 Å². The van der Waals surface area contributed by atoms with Gasteiger partial charge in [0.1, 0.15) is 0 Å². The van der Waals surface area contributed by atoms with Crippen LogP contribution in [0.2, 0.25) is 0 Å². The van der Waals surface area contributed by atoms with Gasteiger partial charge in [-0.1, -0.05) is 0 Å². The fourth-order valence-corrected chi connectivity index (χ4v) is 4.91. The van der Waals surface area contributed by atoms with Crippen LogP contribution in [0.3, 0.4) is 0 Å². The third-order valence-electron chi connectivity index (χ3n) is 3.44. The molecule has 4 N–H and O–H groups in total. The van der Waals surface area contributed by atoms with Crippen molar-refractivity contribution in [2.75, 3.05) is 39.6 Å². The molecular weight excluding hydrogens is 608 g/mol. The maximum absolute atomic E-state index is 10.3. The van der Waals surface area contributed by atoms with Gasteiger partial charge in [0.2, 0.25) is 0 Å². The van der Waals surface area contributed by atoms with E-state index in [0.29, 0.717) is 12.8 Å². The van der Waals surface area contributed by atoms with Gasteiger partial charge in [0.15, 0.2) is 0 Å². The van der Waals surface area contributed by atoms with Crippen LogP contribution in [-0.4, -0.2) is 72.3 Å². The topological polar surface area (TPSA) is 99.4 Å². The summed E-state index contributed by atoms with van der Waals surface area (Å²) in [7, 11) is 0. The van der Waals surface area contributed by atoms with E-state index in [1.807, 2.05) is 0 Å². The molecule has 0 aromatic heterocycles. The van der Waals surface area contributed by atoms with Crippen LogP contribution >= 0.6 is 63.7 Å². The molecule has 0 aliphatic heterocycles. The highest BCUT2D eigenvalue weighted by atomic mass is 79.9. The van der Waals surface area contributed by atoms with Crippen LogP contribution in [0.5, 0.6) is 0 Å². The highest BCUT2D eigenvalue weighted by Gasteiger charge is 2.23. The standard InChI is InChI=1S/C16H22Br4O6/c17-13-11(5-9(23)7-25-3-1-21)12(14(18)16(20)15(13)19)6-10(24)8-26-4-2-22/h9-10,21-24H,1-8H2. The van der Waals surface area contributed by atoms with Crippen molar-refractivity contribution in [3.63, 3.8) is 0 Å². The van der Waals surface area contributed by atoms with Crippen LogP contribution in [-0.2, 0) is 22.3 Å². The maximum atomic E-state index is 10.3. The molecular formula is C16H22Br4O6. The highest BCUT2D eigenvalue weighted by molar-refractivity contribution is 9.15. The second-order valence-electron chi connectivity index (χ2n) is 5.53. The molecule has 1 aromatic carbocycles. The molecule has 6 nitrogen and oxygen atoms in total. The van der Waals surface area contributed by atoms with E-state index < -0.39 is 12.2 Å². The first-order valence-corrected chi connectivity index (χ1v) is 11.1. The lowest BCUT2D eigenvalue weighted by Crippen LogP contribution is -2.23. The Balaban J connectivity index is 3.02. The number of aliphatic hydroxyl groups excluding tert-OH is 4. The zero-order valence-corrected chi connectivity index (χ0v) is 20.3. The van der Waals surface area contributed by atoms with Gasteiger partial charge in [-0.3, -0.25) is 0 Å². The summed E-state index contributed by atoms with van der Waals surface area (Å²) in [5.41, 5.74) is 1.65. The Morgan fingerprint density at radius 1 is 0.654 bits per heavy atom. The second kappa shape index (κ2) is 13.2. The minimum atomic E-state index is -0.764. The van der Waals surface area contributed by atoms with E-state index in [1.54, 1.807) is 0 Å². The number of ether oxygens (including phenoxy) is 2. The lowest BCUT2D eigenvalue weighted by molar-refractivity contribution is 0.0193. The van der Waals surface area contributed by atoms with Gasteiger partial charge >= 0.3 is 0 Å². The van der Waals surface area contributed by atoms with Crippen molar-refractivity contribution in [2.24, 2.45) is 0 Å². The molecule has 1 rings (SSSR count). The first-order valence-electron chi connectivity index (χ1n) is 7.90. The summed E-state index contributed by atoms with van der Waals surface area (Å²) in [6, 6.07) is 0. The van der Waals surface area contributed by atoms with E-state index >= 15 is 0 Å². The van der Waals surface area contributed by atoms with E-state index in [0.717, 1.165) is 29.0 Å². The van der Waals surface area contributed by atoms with Gasteiger partial charge in [0.05, 0.1) is 51.8 Å². The Hall–Kier alpha value is 0.900. The van der Waals surface area contributed by atoms with E-state index in [4.69, 9.17) is 19.7 Å². The zero-order valence-electron chi connectivity index (χ0n) is 13.9. The Morgan fingerprint density at radius 2 is 1.00 bits per heavy atom. The molecule has 0 radical (unpaired) electrons. The number of hydrogen-bond donors (Lipinski definition) is 4. The molecule has 150 valence electrons. The number of hydrogen-bond acceptors (Lipinski definition) is 6. The van der Waals surface area contributed by atoms with Crippen molar-refractivity contribution in [1.29, 1.82) is 0 Å². The summed E-state index contributed by atoms with van der Waals surface area (Å²) >= 11 is 14.1.